The molecule has 5 aromatic rings. The highest BCUT2D eigenvalue weighted by Crippen LogP contribution is 2.31. The lowest BCUT2D eigenvalue weighted by Gasteiger charge is -2.16. The number of hydrogen-bond donors (Lipinski definition) is 1. The maximum atomic E-state index is 13.2. The van der Waals surface area contributed by atoms with Crippen LogP contribution in [0.1, 0.15) is 34.2 Å². The van der Waals surface area contributed by atoms with Crippen LogP contribution in [0, 0.1) is 6.92 Å². The molecule has 177 valence electrons. The number of ether oxygens (including phenoxy) is 1. The Morgan fingerprint density at radius 1 is 1.06 bits per heavy atom. The minimum atomic E-state index is -0.986. The number of aromatic nitrogens is 1. The van der Waals surface area contributed by atoms with Crippen molar-refractivity contribution in [3.8, 4) is 17.2 Å². The van der Waals surface area contributed by atoms with Gasteiger partial charge in [-0.1, -0.05) is 36.7 Å². The Balaban J connectivity index is 1.62. The summed E-state index contributed by atoms with van der Waals surface area (Å²) in [5.41, 5.74) is 4.47. The first-order valence-electron chi connectivity index (χ1n) is 11.5. The normalized spacial score (nSPS) is 12.0. The summed E-state index contributed by atoms with van der Waals surface area (Å²) in [6, 6.07) is 21.5. The van der Waals surface area contributed by atoms with Crippen molar-refractivity contribution in [1.82, 2.24) is 4.98 Å². The average Bonchev–Trinajstić information content (AvgIpc) is 2.88. The van der Waals surface area contributed by atoms with Gasteiger partial charge in [0.05, 0.1) is 23.6 Å². The van der Waals surface area contributed by atoms with E-state index in [2.05, 4.69) is 4.98 Å². The quantitative estimate of drug-likeness (QED) is 0.343. The van der Waals surface area contributed by atoms with E-state index in [0.29, 0.717) is 28.1 Å². The molecule has 0 saturated carbocycles. The molecule has 1 radical (unpaired) electrons. The number of aryl methyl sites for hydroxylation is 1. The molecule has 0 bridgehead atoms. The Hall–Kier alpha value is -4.39. The van der Waals surface area contributed by atoms with Crippen LogP contribution in [-0.2, 0) is 0 Å². The summed E-state index contributed by atoms with van der Waals surface area (Å²) < 4.78 is 11.6. The van der Waals surface area contributed by atoms with E-state index in [1.807, 2.05) is 63.6 Å². The van der Waals surface area contributed by atoms with Gasteiger partial charge in [0.1, 0.15) is 11.3 Å². The number of carbonyl (C=O) groups is 1. The smallest absolute Gasteiger partial charge is 0.335 e. The van der Waals surface area contributed by atoms with Crippen LogP contribution < -0.4 is 15.6 Å². The minimum Gasteiger partial charge on any atom is -0.481 e. The van der Waals surface area contributed by atoms with Gasteiger partial charge in [-0.2, -0.15) is 0 Å². The van der Waals surface area contributed by atoms with Crippen molar-refractivity contribution in [2.75, 3.05) is 7.11 Å². The van der Waals surface area contributed by atoms with Gasteiger partial charge in [0.2, 0.25) is 5.88 Å². The molecular formula is C29H23BNO5. The van der Waals surface area contributed by atoms with Crippen molar-refractivity contribution in [2.45, 2.75) is 19.7 Å². The molecule has 0 saturated heterocycles. The van der Waals surface area contributed by atoms with Gasteiger partial charge in [-0.25, -0.2) is 9.78 Å². The molecule has 3 aromatic carbocycles. The summed E-state index contributed by atoms with van der Waals surface area (Å²) in [7, 11) is 3.46. The predicted molar refractivity (Wildman–Crippen MR) is 142 cm³/mol. The van der Waals surface area contributed by atoms with E-state index in [4.69, 9.17) is 9.15 Å². The molecule has 2 aromatic heterocycles. The Kier molecular flexibility index (Phi) is 6.06. The fourth-order valence-electron chi connectivity index (χ4n) is 4.48. The zero-order chi connectivity index (χ0) is 25.4. The molecule has 0 fully saturated rings. The van der Waals surface area contributed by atoms with Crippen molar-refractivity contribution in [2.24, 2.45) is 0 Å². The molecule has 1 atom stereocenters. The van der Waals surface area contributed by atoms with Crippen molar-refractivity contribution < 1.29 is 19.1 Å². The van der Waals surface area contributed by atoms with Crippen molar-refractivity contribution in [1.29, 1.82) is 0 Å². The average molecular weight is 476 g/mol. The van der Waals surface area contributed by atoms with Crippen LogP contribution >= 0.6 is 0 Å². The van der Waals surface area contributed by atoms with E-state index in [1.165, 1.54) is 6.07 Å². The number of methoxy groups -OCH3 is 1. The fourth-order valence-corrected chi connectivity index (χ4v) is 4.48. The summed E-state index contributed by atoms with van der Waals surface area (Å²) in [6.07, 6.45) is 0. The van der Waals surface area contributed by atoms with Gasteiger partial charge >= 0.3 is 5.97 Å². The van der Waals surface area contributed by atoms with Crippen LogP contribution in [0.5, 0.6) is 5.88 Å². The summed E-state index contributed by atoms with van der Waals surface area (Å²) in [4.78, 5) is 29.3. The topological polar surface area (TPSA) is 89.6 Å². The van der Waals surface area contributed by atoms with Crippen LogP contribution in [0.4, 0.5) is 0 Å². The van der Waals surface area contributed by atoms with E-state index in [-0.39, 0.29) is 16.8 Å². The molecule has 36 heavy (non-hydrogen) atoms. The molecule has 0 aliphatic rings. The fraction of sp³-hybridized carbons (Fsp3) is 0.138. The Morgan fingerprint density at radius 3 is 2.64 bits per heavy atom. The lowest BCUT2D eigenvalue weighted by atomic mass is 9.56. The highest BCUT2D eigenvalue weighted by molar-refractivity contribution is 6.57. The molecule has 2 heterocycles. The van der Waals surface area contributed by atoms with Crippen LogP contribution in [-0.4, -0.2) is 30.4 Å². The number of rotatable bonds is 6. The van der Waals surface area contributed by atoms with Gasteiger partial charge in [-0.05, 0) is 60.3 Å². The van der Waals surface area contributed by atoms with E-state index in [9.17, 15) is 14.7 Å². The standard InChI is InChI=1S/C29H23BNO5/c1-16-12-21(17(2)30-23-7-5-4-6-20(23)29(33)34)28-22(13-16)25(32)15-26(36-28)19-8-10-24-18(14-19)9-11-27(31-24)35-3/h4-15,17H,1-3H3,(H,33,34). The lowest BCUT2D eigenvalue weighted by Crippen LogP contribution is -2.26. The van der Waals surface area contributed by atoms with Gasteiger partial charge in [0.25, 0.3) is 0 Å². The van der Waals surface area contributed by atoms with Gasteiger partial charge in [-0.15, -0.1) is 0 Å². The zero-order valence-corrected chi connectivity index (χ0v) is 20.1. The first kappa shape index (κ1) is 23.4. The van der Waals surface area contributed by atoms with E-state index in [0.717, 1.165) is 27.6 Å². The number of carboxylic acids is 1. The monoisotopic (exact) mass is 476 g/mol. The van der Waals surface area contributed by atoms with Crippen molar-refractivity contribution >= 4 is 40.6 Å². The number of fused-ring (bicyclic) bond motifs is 2. The van der Waals surface area contributed by atoms with E-state index < -0.39 is 5.97 Å². The lowest BCUT2D eigenvalue weighted by molar-refractivity contribution is 0.0698. The van der Waals surface area contributed by atoms with Gasteiger partial charge < -0.3 is 14.3 Å². The zero-order valence-electron chi connectivity index (χ0n) is 20.1. The molecular weight excluding hydrogens is 453 g/mol. The van der Waals surface area contributed by atoms with Crippen molar-refractivity contribution in [3.05, 3.63) is 99.7 Å². The van der Waals surface area contributed by atoms with Gasteiger partial charge in [-0.3, -0.25) is 4.79 Å². The second-order valence-corrected chi connectivity index (χ2v) is 8.81. The third kappa shape index (κ3) is 4.36. The number of aromatic carboxylic acids is 1. The number of benzene rings is 3. The van der Waals surface area contributed by atoms with E-state index in [1.54, 1.807) is 31.4 Å². The van der Waals surface area contributed by atoms with Gasteiger partial charge in [0.15, 0.2) is 12.7 Å². The summed E-state index contributed by atoms with van der Waals surface area (Å²) in [5.74, 6) is -0.212. The maximum Gasteiger partial charge on any atom is 0.335 e. The predicted octanol–water partition coefficient (Wildman–Crippen LogP) is 5.11. The second-order valence-electron chi connectivity index (χ2n) is 8.81. The largest absolute Gasteiger partial charge is 0.481 e. The molecule has 0 aliphatic heterocycles. The molecule has 6 nitrogen and oxygen atoms in total. The third-order valence-corrected chi connectivity index (χ3v) is 6.27. The van der Waals surface area contributed by atoms with Crippen LogP contribution in [0.15, 0.2) is 82.0 Å². The Labute approximate surface area is 208 Å². The van der Waals surface area contributed by atoms with Crippen molar-refractivity contribution in [3.63, 3.8) is 0 Å². The highest BCUT2D eigenvalue weighted by Gasteiger charge is 2.20. The summed E-state index contributed by atoms with van der Waals surface area (Å²) >= 11 is 0. The molecule has 7 heteroatoms. The first-order valence-corrected chi connectivity index (χ1v) is 11.5. The summed E-state index contributed by atoms with van der Waals surface area (Å²) in [6.45, 7) is 3.90. The molecule has 0 spiro atoms. The molecule has 1 N–H and O–H groups in total. The maximum absolute atomic E-state index is 13.2. The summed E-state index contributed by atoms with van der Waals surface area (Å²) in [5, 5.41) is 11.0. The van der Waals surface area contributed by atoms with Crippen LogP contribution in [0.3, 0.4) is 0 Å². The first-order chi connectivity index (χ1) is 17.3. The van der Waals surface area contributed by atoms with Gasteiger partial charge in [0, 0.05) is 23.1 Å². The number of hydrogen-bond acceptors (Lipinski definition) is 5. The molecule has 0 amide bonds. The second kappa shape index (κ2) is 9.34. The Bertz CT molecular complexity index is 1690. The number of pyridine rings is 1. The Morgan fingerprint density at radius 2 is 1.86 bits per heavy atom. The third-order valence-electron chi connectivity index (χ3n) is 6.27. The number of nitrogens with zero attached hydrogens (tertiary/aromatic N) is 1. The van der Waals surface area contributed by atoms with Crippen LogP contribution in [0.25, 0.3) is 33.2 Å². The molecule has 0 aliphatic carbocycles. The molecule has 1 unspecified atom stereocenters. The van der Waals surface area contributed by atoms with Crippen LogP contribution in [0.2, 0.25) is 0 Å². The number of carboxylic acid groups (broad SMARTS) is 1. The SMILES string of the molecule is COc1ccc2cc(-c3cc(=O)c4cc(C)cc(C(C)[B]c5ccccc5C(=O)O)c4o3)ccc2n1. The highest BCUT2D eigenvalue weighted by atomic mass is 16.5. The molecule has 5 rings (SSSR count). The van der Waals surface area contributed by atoms with E-state index >= 15 is 0 Å². The minimum absolute atomic E-state index is 0.137.